The molecule has 0 aliphatic carbocycles. The molecule has 1 aromatic heterocycles. The quantitative estimate of drug-likeness (QED) is 0.725. The molecule has 1 fully saturated rings. The summed E-state index contributed by atoms with van der Waals surface area (Å²) in [6.45, 7) is 1.35. The average molecular weight is 376 g/mol. The molecule has 2 heterocycles. The van der Waals surface area contributed by atoms with Gasteiger partial charge >= 0.3 is 0 Å². The molecule has 1 aliphatic heterocycles. The van der Waals surface area contributed by atoms with Crippen LogP contribution in [0.3, 0.4) is 0 Å². The maximum absolute atomic E-state index is 12.4. The Balaban J connectivity index is 1.48. The molecule has 3 aromatic rings. The van der Waals surface area contributed by atoms with Crippen LogP contribution in [0.2, 0.25) is 0 Å². The van der Waals surface area contributed by atoms with Crippen LogP contribution in [0.25, 0.3) is 22.2 Å². The summed E-state index contributed by atoms with van der Waals surface area (Å²) in [7, 11) is 1.65. The number of amides is 1. The van der Waals surface area contributed by atoms with Crippen LogP contribution in [0.1, 0.15) is 29.6 Å². The smallest absolute Gasteiger partial charge is 0.251 e. The molecule has 5 heteroatoms. The summed E-state index contributed by atoms with van der Waals surface area (Å²) >= 11 is 0. The topological polar surface area (TPSA) is 60.5 Å². The second-order valence-electron chi connectivity index (χ2n) is 7.00. The van der Waals surface area contributed by atoms with Crippen molar-refractivity contribution >= 4 is 16.8 Å². The lowest BCUT2D eigenvalue weighted by Crippen LogP contribution is -2.35. The lowest BCUT2D eigenvalue weighted by Gasteiger charge is -2.22. The SMILES string of the molecule is COc1cccc2ccc(-c3ccc(C(=O)NCC4CCCCO4)cc3)nc12. The van der Waals surface area contributed by atoms with Crippen molar-refractivity contribution in [1.29, 1.82) is 0 Å². The van der Waals surface area contributed by atoms with Gasteiger partial charge < -0.3 is 14.8 Å². The van der Waals surface area contributed by atoms with Gasteiger partial charge in [0.15, 0.2) is 0 Å². The van der Waals surface area contributed by atoms with Gasteiger partial charge in [0, 0.05) is 29.7 Å². The molecule has 1 aliphatic rings. The van der Waals surface area contributed by atoms with Crippen molar-refractivity contribution in [3.63, 3.8) is 0 Å². The number of para-hydroxylation sites is 1. The van der Waals surface area contributed by atoms with E-state index in [1.165, 1.54) is 6.42 Å². The molecule has 0 spiro atoms. The maximum atomic E-state index is 12.4. The van der Waals surface area contributed by atoms with Crippen molar-refractivity contribution in [2.45, 2.75) is 25.4 Å². The van der Waals surface area contributed by atoms with E-state index >= 15 is 0 Å². The Hall–Kier alpha value is -2.92. The first-order valence-corrected chi connectivity index (χ1v) is 9.68. The van der Waals surface area contributed by atoms with Gasteiger partial charge in [0.25, 0.3) is 5.91 Å². The van der Waals surface area contributed by atoms with E-state index in [-0.39, 0.29) is 12.0 Å². The van der Waals surface area contributed by atoms with E-state index in [2.05, 4.69) is 5.32 Å². The fourth-order valence-electron chi connectivity index (χ4n) is 3.51. The van der Waals surface area contributed by atoms with E-state index in [4.69, 9.17) is 14.5 Å². The Labute approximate surface area is 164 Å². The van der Waals surface area contributed by atoms with Crippen molar-refractivity contribution in [2.24, 2.45) is 0 Å². The van der Waals surface area contributed by atoms with Crippen LogP contribution in [0.5, 0.6) is 5.75 Å². The monoisotopic (exact) mass is 376 g/mol. The molecule has 0 saturated carbocycles. The van der Waals surface area contributed by atoms with E-state index in [0.29, 0.717) is 12.1 Å². The number of methoxy groups -OCH3 is 1. The average Bonchev–Trinajstić information content (AvgIpc) is 2.77. The van der Waals surface area contributed by atoms with Crippen molar-refractivity contribution in [2.75, 3.05) is 20.3 Å². The van der Waals surface area contributed by atoms with Gasteiger partial charge in [0.05, 0.1) is 18.9 Å². The number of benzene rings is 2. The van der Waals surface area contributed by atoms with Crippen molar-refractivity contribution in [3.8, 4) is 17.0 Å². The Morgan fingerprint density at radius 1 is 1.14 bits per heavy atom. The first-order chi connectivity index (χ1) is 13.7. The second-order valence-corrected chi connectivity index (χ2v) is 7.00. The molecule has 2 aromatic carbocycles. The first-order valence-electron chi connectivity index (χ1n) is 9.68. The predicted molar refractivity (Wildman–Crippen MR) is 110 cm³/mol. The minimum Gasteiger partial charge on any atom is -0.494 e. The minimum absolute atomic E-state index is 0.0751. The molecule has 5 nitrogen and oxygen atoms in total. The Morgan fingerprint density at radius 3 is 2.75 bits per heavy atom. The fraction of sp³-hybridized carbons (Fsp3) is 0.304. The van der Waals surface area contributed by atoms with Crippen molar-refractivity contribution in [3.05, 3.63) is 60.2 Å². The Morgan fingerprint density at radius 2 is 2.00 bits per heavy atom. The summed E-state index contributed by atoms with van der Waals surface area (Å²) < 4.78 is 11.1. The van der Waals surface area contributed by atoms with E-state index < -0.39 is 0 Å². The number of carbonyl (C=O) groups excluding carboxylic acids is 1. The lowest BCUT2D eigenvalue weighted by atomic mass is 10.1. The highest BCUT2D eigenvalue weighted by Crippen LogP contribution is 2.27. The number of rotatable bonds is 5. The first kappa shape index (κ1) is 18.4. The molecule has 0 bridgehead atoms. The summed E-state index contributed by atoms with van der Waals surface area (Å²) in [5, 5.41) is 4.00. The van der Waals surface area contributed by atoms with Gasteiger partial charge in [-0.25, -0.2) is 4.98 Å². The molecule has 144 valence electrons. The molecular weight excluding hydrogens is 352 g/mol. The number of hydrogen-bond donors (Lipinski definition) is 1. The normalized spacial score (nSPS) is 16.7. The highest BCUT2D eigenvalue weighted by Gasteiger charge is 2.15. The van der Waals surface area contributed by atoms with Crippen molar-refractivity contribution in [1.82, 2.24) is 10.3 Å². The van der Waals surface area contributed by atoms with Crippen LogP contribution in [0.4, 0.5) is 0 Å². The zero-order valence-electron chi connectivity index (χ0n) is 16.0. The number of fused-ring (bicyclic) bond motifs is 1. The number of hydrogen-bond acceptors (Lipinski definition) is 4. The summed E-state index contributed by atoms with van der Waals surface area (Å²) in [6, 6.07) is 17.4. The van der Waals surface area contributed by atoms with Crippen LogP contribution < -0.4 is 10.1 Å². The fourth-order valence-corrected chi connectivity index (χ4v) is 3.51. The summed E-state index contributed by atoms with van der Waals surface area (Å²) in [6.07, 6.45) is 3.42. The number of nitrogens with zero attached hydrogens (tertiary/aromatic N) is 1. The number of carbonyl (C=O) groups is 1. The third-order valence-corrected chi connectivity index (χ3v) is 5.11. The standard InChI is InChI=1S/C23H24N2O3/c1-27-21-7-4-5-17-12-13-20(25-22(17)21)16-8-10-18(11-9-16)23(26)24-15-19-6-2-3-14-28-19/h4-5,7-13,19H,2-3,6,14-15H2,1H3,(H,24,26). The van der Waals surface area contributed by atoms with E-state index in [1.807, 2.05) is 54.6 Å². The largest absolute Gasteiger partial charge is 0.494 e. The van der Waals surface area contributed by atoms with E-state index in [9.17, 15) is 4.79 Å². The van der Waals surface area contributed by atoms with Gasteiger partial charge in [-0.1, -0.05) is 30.3 Å². The molecule has 1 saturated heterocycles. The Bertz CT molecular complexity index is 963. The van der Waals surface area contributed by atoms with Gasteiger partial charge in [-0.3, -0.25) is 4.79 Å². The van der Waals surface area contributed by atoms with E-state index in [0.717, 1.165) is 47.4 Å². The molecular formula is C23H24N2O3. The third kappa shape index (κ3) is 3.99. The highest BCUT2D eigenvalue weighted by atomic mass is 16.5. The molecule has 1 unspecified atom stereocenters. The van der Waals surface area contributed by atoms with Gasteiger partial charge in [-0.15, -0.1) is 0 Å². The van der Waals surface area contributed by atoms with Gasteiger partial charge in [0.2, 0.25) is 0 Å². The van der Waals surface area contributed by atoms with Crippen LogP contribution in [-0.2, 0) is 4.74 Å². The van der Waals surface area contributed by atoms with Gasteiger partial charge in [-0.05, 0) is 43.5 Å². The number of aromatic nitrogens is 1. The summed E-state index contributed by atoms with van der Waals surface area (Å²) in [5.41, 5.74) is 3.27. The zero-order valence-corrected chi connectivity index (χ0v) is 16.0. The molecule has 28 heavy (non-hydrogen) atoms. The molecule has 0 radical (unpaired) electrons. The van der Waals surface area contributed by atoms with Crippen LogP contribution in [0.15, 0.2) is 54.6 Å². The molecule has 4 rings (SSSR count). The number of nitrogens with one attached hydrogen (secondary N) is 1. The van der Waals surface area contributed by atoms with Gasteiger partial charge in [0.1, 0.15) is 11.3 Å². The molecule has 1 amide bonds. The Kier molecular flexibility index (Phi) is 5.53. The zero-order chi connectivity index (χ0) is 19.3. The maximum Gasteiger partial charge on any atom is 0.251 e. The van der Waals surface area contributed by atoms with Crippen LogP contribution in [-0.4, -0.2) is 37.3 Å². The summed E-state index contributed by atoms with van der Waals surface area (Å²) in [4.78, 5) is 17.1. The lowest BCUT2D eigenvalue weighted by molar-refractivity contribution is 0.0169. The van der Waals surface area contributed by atoms with E-state index in [1.54, 1.807) is 7.11 Å². The number of pyridine rings is 1. The van der Waals surface area contributed by atoms with Crippen molar-refractivity contribution < 1.29 is 14.3 Å². The van der Waals surface area contributed by atoms with Crippen LogP contribution in [0, 0.1) is 0 Å². The third-order valence-electron chi connectivity index (χ3n) is 5.11. The second kappa shape index (κ2) is 8.40. The summed E-state index contributed by atoms with van der Waals surface area (Å²) in [5.74, 6) is 0.675. The highest BCUT2D eigenvalue weighted by molar-refractivity contribution is 5.94. The van der Waals surface area contributed by atoms with Crippen LogP contribution >= 0.6 is 0 Å². The minimum atomic E-state index is -0.0751. The predicted octanol–water partition coefficient (Wildman–Crippen LogP) is 4.21. The molecule has 1 N–H and O–H groups in total. The number of ether oxygens (including phenoxy) is 2. The van der Waals surface area contributed by atoms with Gasteiger partial charge in [-0.2, -0.15) is 0 Å². The molecule has 1 atom stereocenters.